The number of carbonyl (C=O) groups excluding carboxylic acids is 1. The molecule has 0 bridgehead atoms. The Bertz CT molecular complexity index is 451. The number of carboxylic acid groups (broad SMARTS) is 1. The third-order valence-corrected chi connectivity index (χ3v) is 2.99. The summed E-state index contributed by atoms with van der Waals surface area (Å²) in [5.41, 5.74) is 1.31. The van der Waals surface area contributed by atoms with Gasteiger partial charge in [0, 0.05) is 12.2 Å². The molecule has 0 fully saturated rings. The molecule has 1 aromatic carbocycles. The van der Waals surface area contributed by atoms with Crippen LogP contribution in [0.25, 0.3) is 0 Å². The SMILES string of the molecule is CC(CCOC(=O)C=CC(=O)O)CCc1ccccc1. The Morgan fingerprint density at radius 1 is 1.20 bits per heavy atom. The number of carbonyl (C=O) groups is 2. The molecule has 1 aromatic rings. The molecule has 0 heterocycles. The second kappa shape index (κ2) is 8.91. The molecule has 1 N–H and O–H groups in total. The highest BCUT2D eigenvalue weighted by atomic mass is 16.5. The molecule has 20 heavy (non-hydrogen) atoms. The Hall–Kier alpha value is -2.10. The van der Waals surface area contributed by atoms with Gasteiger partial charge < -0.3 is 9.84 Å². The average molecular weight is 276 g/mol. The third-order valence-electron chi connectivity index (χ3n) is 2.99. The molecule has 0 amide bonds. The van der Waals surface area contributed by atoms with Crippen LogP contribution in [-0.4, -0.2) is 23.7 Å². The van der Waals surface area contributed by atoms with Crippen LogP contribution in [0.1, 0.15) is 25.3 Å². The summed E-state index contributed by atoms with van der Waals surface area (Å²) in [5, 5.41) is 8.36. The summed E-state index contributed by atoms with van der Waals surface area (Å²) in [6.45, 7) is 2.43. The number of esters is 1. The van der Waals surface area contributed by atoms with Crippen LogP contribution in [0.15, 0.2) is 42.5 Å². The summed E-state index contributed by atoms with van der Waals surface area (Å²) in [6, 6.07) is 10.2. The van der Waals surface area contributed by atoms with Gasteiger partial charge in [-0.05, 0) is 30.7 Å². The van der Waals surface area contributed by atoms with Crippen molar-refractivity contribution in [2.45, 2.75) is 26.2 Å². The van der Waals surface area contributed by atoms with Crippen molar-refractivity contribution in [1.82, 2.24) is 0 Å². The molecule has 0 radical (unpaired) electrons. The molecule has 0 spiro atoms. The topological polar surface area (TPSA) is 63.6 Å². The minimum atomic E-state index is -1.15. The second-order valence-corrected chi connectivity index (χ2v) is 4.76. The minimum Gasteiger partial charge on any atom is -0.478 e. The molecule has 0 aliphatic rings. The van der Waals surface area contributed by atoms with Crippen molar-refractivity contribution in [2.75, 3.05) is 6.61 Å². The van der Waals surface area contributed by atoms with Gasteiger partial charge in [0.2, 0.25) is 0 Å². The van der Waals surface area contributed by atoms with Gasteiger partial charge in [0.25, 0.3) is 0 Å². The van der Waals surface area contributed by atoms with Gasteiger partial charge in [-0.2, -0.15) is 0 Å². The highest BCUT2D eigenvalue weighted by Gasteiger charge is 2.05. The number of hydrogen-bond donors (Lipinski definition) is 1. The van der Waals surface area contributed by atoms with E-state index in [9.17, 15) is 9.59 Å². The van der Waals surface area contributed by atoms with E-state index in [4.69, 9.17) is 9.84 Å². The lowest BCUT2D eigenvalue weighted by atomic mass is 9.99. The molecule has 4 heteroatoms. The van der Waals surface area contributed by atoms with E-state index < -0.39 is 11.9 Å². The highest BCUT2D eigenvalue weighted by Crippen LogP contribution is 2.12. The lowest BCUT2D eigenvalue weighted by molar-refractivity contribution is -0.139. The summed E-state index contributed by atoms with van der Waals surface area (Å²) >= 11 is 0. The van der Waals surface area contributed by atoms with Gasteiger partial charge in [-0.25, -0.2) is 9.59 Å². The van der Waals surface area contributed by atoms with E-state index in [0.29, 0.717) is 12.5 Å². The maximum Gasteiger partial charge on any atom is 0.331 e. The van der Waals surface area contributed by atoms with Crippen molar-refractivity contribution < 1.29 is 19.4 Å². The lowest BCUT2D eigenvalue weighted by Crippen LogP contribution is -2.07. The molecule has 1 rings (SSSR count). The minimum absolute atomic E-state index is 0.318. The molecule has 0 saturated carbocycles. The molecular formula is C16H20O4. The van der Waals surface area contributed by atoms with E-state index in [1.807, 2.05) is 18.2 Å². The maximum absolute atomic E-state index is 11.1. The zero-order valence-electron chi connectivity index (χ0n) is 11.6. The van der Waals surface area contributed by atoms with Crippen LogP contribution in [0.4, 0.5) is 0 Å². The Morgan fingerprint density at radius 2 is 1.90 bits per heavy atom. The van der Waals surface area contributed by atoms with Gasteiger partial charge in [0.1, 0.15) is 0 Å². The quantitative estimate of drug-likeness (QED) is 0.586. The van der Waals surface area contributed by atoms with Gasteiger partial charge in [-0.3, -0.25) is 0 Å². The van der Waals surface area contributed by atoms with E-state index in [-0.39, 0.29) is 0 Å². The Labute approximate surface area is 119 Å². The Morgan fingerprint density at radius 3 is 2.55 bits per heavy atom. The summed E-state index contributed by atoms with van der Waals surface area (Å²) in [7, 11) is 0. The molecule has 4 nitrogen and oxygen atoms in total. The number of hydrogen-bond acceptors (Lipinski definition) is 3. The molecule has 1 unspecified atom stereocenters. The summed E-state index contributed by atoms with van der Waals surface area (Å²) in [4.78, 5) is 21.3. The van der Waals surface area contributed by atoms with Crippen molar-refractivity contribution in [3.05, 3.63) is 48.0 Å². The van der Waals surface area contributed by atoms with E-state index in [2.05, 4.69) is 19.1 Å². The van der Waals surface area contributed by atoms with Crippen LogP contribution in [0.5, 0.6) is 0 Å². The molecular weight excluding hydrogens is 256 g/mol. The molecule has 1 atom stereocenters. The second-order valence-electron chi connectivity index (χ2n) is 4.76. The van der Waals surface area contributed by atoms with Gasteiger partial charge in [0.05, 0.1) is 6.61 Å². The molecule has 0 aliphatic carbocycles. The summed E-state index contributed by atoms with van der Waals surface area (Å²) in [5.74, 6) is -1.31. The van der Waals surface area contributed by atoms with Crippen molar-refractivity contribution in [1.29, 1.82) is 0 Å². The van der Waals surface area contributed by atoms with Crippen LogP contribution in [0.3, 0.4) is 0 Å². The van der Waals surface area contributed by atoms with E-state index in [1.165, 1.54) is 5.56 Å². The maximum atomic E-state index is 11.1. The fourth-order valence-corrected chi connectivity index (χ4v) is 1.75. The average Bonchev–Trinajstić information content (AvgIpc) is 2.44. The number of carboxylic acids is 1. The van der Waals surface area contributed by atoms with Gasteiger partial charge >= 0.3 is 11.9 Å². The Balaban J connectivity index is 2.15. The number of ether oxygens (including phenoxy) is 1. The first-order valence-electron chi connectivity index (χ1n) is 6.69. The van der Waals surface area contributed by atoms with Crippen molar-refractivity contribution in [3.63, 3.8) is 0 Å². The standard InChI is InChI=1S/C16H20O4/c1-13(7-8-14-5-3-2-4-6-14)11-12-20-16(19)10-9-15(17)18/h2-6,9-10,13H,7-8,11-12H2,1H3,(H,17,18). The van der Waals surface area contributed by atoms with E-state index >= 15 is 0 Å². The number of aryl methyl sites for hydroxylation is 1. The van der Waals surface area contributed by atoms with Crippen molar-refractivity contribution in [3.8, 4) is 0 Å². The van der Waals surface area contributed by atoms with Crippen LogP contribution < -0.4 is 0 Å². The predicted octanol–water partition coefficient (Wildman–Crippen LogP) is 2.83. The van der Waals surface area contributed by atoms with Gasteiger partial charge in [0.15, 0.2) is 0 Å². The number of benzene rings is 1. The zero-order chi connectivity index (χ0) is 14.8. The first-order chi connectivity index (χ1) is 9.58. The third kappa shape index (κ3) is 7.36. The highest BCUT2D eigenvalue weighted by molar-refractivity contribution is 5.90. The zero-order valence-corrected chi connectivity index (χ0v) is 11.6. The van der Waals surface area contributed by atoms with Crippen molar-refractivity contribution >= 4 is 11.9 Å². The first kappa shape index (κ1) is 16.0. The molecule has 0 aliphatic heterocycles. The molecule has 0 saturated heterocycles. The first-order valence-corrected chi connectivity index (χ1v) is 6.69. The monoisotopic (exact) mass is 276 g/mol. The fraction of sp³-hybridized carbons (Fsp3) is 0.375. The smallest absolute Gasteiger partial charge is 0.331 e. The fourth-order valence-electron chi connectivity index (χ4n) is 1.75. The summed E-state index contributed by atoms with van der Waals surface area (Å²) in [6.07, 6.45) is 4.53. The number of aliphatic carboxylic acids is 1. The van der Waals surface area contributed by atoms with Crippen LogP contribution in [-0.2, 0) is 20.7 Å². The largest absolute Gasteiger partial charge is 0.478 e. The van der Waals surface area contributed by atoms with E-state index in [0.717, 1.165) is 31.4 Å². The normalized spacial score (nSPS) is 12.2. The summed E-state index contributed by atoms with van der Waals surface area (Å²) < 4.78 is 4.93. The molecule has 0 aromatic heterocycles. The number of rotatable bonds is 8. The van der Waals surface area contributed by atoms with Gasteiger partial charge in [-0.15, -0.1) is 0 Å². The predicted molar refractivity (Wildman–Crippen MR) is 76.3 cm³/mol. The van der Waals surface area contributed by atoms with Crippen LogP contribution >= 0.6 is 0 Å². The van der Waals surface area contributed by atoms with Crippen molar-refractivity contribution in [2.24, 2.45) is 5.92 Å². The van der Waals surface area contributed by atoms with Crippen LogP contribution in [0.2, 0.25) is 0 Å². The van der Waals surface area contributed by atoms with Crippen LogP contribution in [0, 0.1) is 5.92 Å². The van der Waals surface area contributed by atoms with E-state index in [1.54, 1.807) is 0 Å². The molecule has 108 valence electrons. The Kier molecular flexibility index (Phi) is 7.11. The van der Waals surface area contributed by atoms with Gasteiger partial charge in [-0.1, -0.05) is 37.3 Å². The lowest BCUT2D eigenvalue weighted by Gasteiger charge is -2.11.